The molecule has 19 heavy (non-hydrogen) atoms. The molecule has 102 valence electrons. The third-order valence-electron chi connectivity index (χ3n) is 2.78. The van der Waals surface area contributed by atoms with E-state index in [2.05, 4.69) is 5.10 Å². The summed E-state index contributed by atoms with van der Waals surface area (Å²) in [5.41, 5.74) is 6.83. The van der Waals surface area contributed by atoms with E-state index in [1.165, 1.54) is 18.3 Å². The van der Waals surface area contributed by atoms with Gasteiger partial charge < -0.3 is 15.7 Å². The van der Waals surface area contributed by atoms with E-state index in [1.807, 2.05) is 0 Å². The number of nitrogens with zero attached hydrogens (tertiary/aromatic N) is 3. The number of likely N-dealkylation sites (N-methyl/N-ethyl adjacent to an activating group) is 1. The summed E-state index contributed by atoms with van der Waals surface area (Å²) in [5.74, 6) is -0.293. The fraction of sp³-hybridized carbons (Fsp3) is 0.308. The summed E-state index contributed by atoms with van der Waals surface area (Å²) >= 11 is 0. The van der Waals surface area contributed by atoms with E-state index in [1.54, 1.807) is 35.0 Å². The van der Waals surface area contributed by atoms with Gasteiger partial charge in [-0.15, -0.1) is 0 Å². The SMILES string of the molecule is CN(CC(O)Cn1cc(N)cn1)c1cccc(F)c1. The maximum atomic E-state index is 13.1. The van der Waals surface area contributed by atoms with Crippen LogP contribution in [0.2, 0.25) is 0 Å². The van der Waals surface area contributed by atoms with Crippen molar-refractivity contribution >= 4 is 11.4 Å². The van der Waals surface area contributed by atoms with Crippen LogP contribution in [-0.4, -0.2) is 34.6 Å². The van der Waals surface area contributed by atoms with Crippen LogP contribution in [0.3, 0.4) is 0 Å². The van der Waals surface area contributed by atoms with E-state index in [0.717, 1.165) is 5.69 Å². The first-order valence-corrected chi connectivity index (χ1v) is 5.97. The van der Waals surface area contributed by atoms with Gasteiger partial charge in [0.25, 0.3) is 0 Å². The Morgan fingerprint density at radius 2 is 2.32 bits per heavy atom. The highest BCUT2D eigenvalue weighted by Gasteiger charge is 2.10. The Bertz CT molecular complexity index is 543. The van der Waals surface area contributed by atoms with Crippen LogP contribution in [0.1, 0.15) is 0 Å². The smallest absolute Gasteiger partial charge is 0.125 e. The molecular formula is C13H17FN4O. The minimum atomic E-state index is -0.618. The first kappa shape index (κ1) is 13.4. The molecule has 0 aliphatic heterocycles. The van der Waals surface area contributed by atoms with Crippen LogP contribution in [0.4, 0.5) is 15.8 Å². The minimum Gasteiger partial charge on any atom is -0.396 e. The molecule has 1 atom stereocenters. The maximum Gasteiger partial charge on any atom is 0.125 e. The molecule has 1 unspecified atom stereocenters. The van der Waals surface area contributed by atoms with Crippen molar-refractivity contribution in [3.05, 3.63) is 42.5 Å². The van der Waals surface area contributed by atoms with Crippen LogP contribution >= 0.6 is 0 Å². The zero-order valence-electron chi connectivity index (χ0n) is 10.7. The number of anilines is 2. The van der Waals surface area contributed by atoms with Crippen molar-refractivity contribution in [3.63, 3.8) is 0 Å². The van der Waals surface area contributed by atoms with E-state index >= 15 is 0 Å². The monoisotopic (exact) mass is 264 g/mol. The lowest BCUT2D eigenvalue weighted by Gasteiger charge is -2.22. The molecule has 0 radical (unpaired) electrons. The van der Waals surface area contributed by atoms with Crippen molar-refractivity contribution in [2.24, 2.45) is 0 Å². The fourth-order valence-electron chi connectivity index (χ4n) is 1.89. The Morgan fingerprint density at radius 3 is 2.95 bits per heavy atom. The number of nitrogen functional groups attached to an aromatic ring is 1. The molecular weight excluding hydrogens is 247 g/mol. The molecule has 0 aliphatic carbocycles. The van der Waals surface area contributed by atoms with Crippen molar-refractivity contribution in [2.45, 2.75) is 12.6 Å². The van der Waals surface area contributed by atoms with Crippen LogP contribution in [-0.2, 0) is 6.54 Å². The lowest BCUT2D eigenvalue weighted by Crippen LogP contribution is -2.32. The predicted molar refractivity (Wildman–Crippen MR) is 72.3 cm³/mol. The van der Waals surface area contributed by atoms with Crippen molar-refractivity contribution in [3.8, 4) is 0 Å². The summed E-state index contributed by atoms with van der Waals surface area (Å²) < 4.78 is 14.7. The van der Waals surface area contributed by atoms with Gasteiger partial charge in [-0.05, 0) is 18.2 Å². The Labute approximate surface area is 111 Å². The van der Waals surface area contributed by atoms with Gasteiger partial charge in [0, 0.05) is 25.5 Å². The van der Waals surface area contributed by atoms with Crippen molar-refractivity contribution < 1.29 is 9.50 Å². The van der Waals surface area contributed by atoms with Crippen molar-refractivity contribution in [2.75, 3.05) is 24.2 Å². The van der Waals surface area contributed by atoms with Gasteiger partial charge >= 0.3 is 0 Å². The summed E-state index contributed by atoms with van der Waals surface area (Å²) in [6.07, 6.45) is 2.57. The van der Waals surface area contributed by atoms with Crippen molar-refractivity contribution in [1.82, 2.24) is 9.78 Å². The van der Waals surface area contributed by atoms with Gasteiger partial charge in [0.1, 0.15) is 5.82 Å². The first-order chi connectivity index (χ1) is 9.04. The number of aromatic nitrogens is 2. The number of hydrogen-bond donors (Lipinski definition) is 2. The second kappa shape index (κ2) is 5.71. The molecule has 0 spiro atoms. The van der Waals surface area contributed by atoms with E-state index in [9.17, 15) is 9.50 Å². The van der Waals surface area contributed by atoms with E-state index in [4.69, 9.17) is 5.73 Å². The standard InChI is InChI=1S/C13H17FN4O/c1-17(12-4-2-3-10(14)5-12)8-13(19)9-18-7-11(15)6-16-18/h2-7,13,19H,8-9,15H2,1H3. The molecule has 0 saturated heterocycles. The van der Waals surface area contributed by atoms with Crippen LogP contribution in [0.25, 0.3) is 0 Å². The summed E-state index contributed by atoms with van der Waals surface area (Å²) in [6, 6.07) is 6.25. The average Bonchev–Trinajstić information content (AvgIpc) is 2.74. The molecule has 0 fully saturated rings. The van der Waals surface area contributed by atoms with Gasteiger partial charge in [0.05, 0.1) is 24.5 Å². The second-order valence-corrected chi connectivity index (χ2v) is 4.51. The molecule has 0 aliphatic rings. The molecule has 3 N–H and O–H groups in total. The Morgan fingerprint density at radius 1 is 1.53 bits per heavy atom. The number of aliphatic hydroxyl groups is 1. The number of halogens is 1. The molecule has 1 aromatic carbocycles. The van der Waals surface area contributed by atoms with Gasteiger partial charge in [-0.25, -0.2) is 4.39 Å². The second-order valence-electron chi connectivity index (χ2n) is 4.51. The van der Waals surface area contributed by atoms with Crippen LogP contribution in [0.5, 0.6) is 0 Å². The number of benzene rings is 1. The summed E-state index contributed by atoms with van der Waals surface area (Å²) in [6.45, 7) is 0.722. The van der Waals surface area contributed by atoms with Crippen LogP contribution in [0.15, 0.2) is 36.7 Å². The van der Waals surface area contributed by atoms with Gasteiger partial charge in [-0.3, -0.25) is 4.68 Å². The number of aliphatic hydroxyl groups excluding tert-OH is 1. The van der Waals surface area contributed by atoms with E-state index in [0.29, 0.717) is 18.8 Å². The molecule has 0 amide bonds. The lowest BCUT2D eigenvalue weighted by atomic mass is 10.2. The van der Waals surface area contributed by atoms with Crippen LogP contribution < -0.4 is 10.6 Å². The summed E-state index contributed by atoms with van der Waals surface area (Å²) in [7, 11) is 1.80. The van der Waals surface area contributed by atoms with Gasteiger partial charge in [-0.2, -0.15) is 5.10 Å². The molecule has 1 aromatic heterocycles. The molecule has 1 heterocycles. The zero-order valence-corrected chi connectivity index (χ0v) is 10.7. The topological polar surface area (TPSA) is 67.3 Å². The maximum absolute atomic E-state index is 13.1. The Hall–Kier alpha value is -2.08. The minimum absolute atomic E-state index is 0.293. The van der Waals surface area contributed by atoms with Crippen LogP contribution in [0, 0.1) is 5.82 Å². The zero-order chi connectivity index (χ0) is 13.8. The molecule has 0 bridgehead atoms. The highest BCUT2D eigenvalue weighted by Crippen LogP contribution is 2.14. The highest BCUT2D eigenvalue weighted by molar-refractivity contribution is 5.45. The van der Waals surface area contributed by atoms with Gasteiger partial charge in [0.15, 0.2) is 0 Å². The van der Waals surface area contributed by atoms with Crippen molar-refractivity contribution in [1.29, 1.82) is 0 Å². The van der Waals surface area contributed by atoms with E-state index < -0.39 is 6.10 Å². The fourth-order valence-corrected chi connectivity index (χ4v) is 1.89. The summed E-state index contributed by atoms with van der Waals surface area (Å²) in [5, 5.41) is 14.0. The normalized spacial score (nSPS) is 12.4. The number of hydrogen-bond acceptors (Lipinski definition) is 4. The van der Waals surface area contributed by atoms with E-state index in [-0.39, 0.29) is 5.82 Å². The third-order valence-corrected chi connectivity index (χ3v) is 2.78. The first-order valence-electron chi connectivity index (χ1n) is 5.97. The average molecular weight is 264 g/mol. The summed E-state index contributed by atoms with van der Waals surface area (Å²) in [4.78, 5) is 1.79. The largest absolute Gasteiger partial charge is 0.396 e. The predicted octanol–water partition coefficient (Wildman–Crippen LogP) is 1.10. The lowest BCUT2D eigenvalue weighted by molar-refractivity contribution is 0.156. The third kappa shape index (κ3) is 3.69. The Balaban J connectivity index is 1.93. The quantitative estimate of drug-likeness (QED) is 0.848. The van der Waals surface area contributed by atoms with Gasteiger partial charge in [-0.1, -0.05) is 6.07 Å². The molecule has 2 rings (SSSR count). The number of rotatable bonds is 5. The van der Waals surface area contributed by atoms with Gasteiger partial charge in [0.2, 0.25) is 0 Å². The molecule has 0 saturated carbocycles. The number of nitrogens with two attached hydrogens (primary N) is 1. The highest BCUT2D eigenvalue weighted by atomic mass is 19.1. The molecule has 6 heteroatoms. The molecule has 2 aromatic rings. The molecule has 5 nitrogen and oxygen atoms in total. The Kier molecular flexibility index (Phi) is 4.01.